The van der Waals surface area contributed by atoms with Crippen molar-refractivity contribution in [2.24, 2.45) is 0 Å². The molecule has 2 aromatic heterocycles. The lowest BCUT2D eigenvalue weighted by Gasteiger charge is -2.21. The van der Waals surface area contributed by atoms with E-state index >= 15 is 4.57 Å². The molecule has 10 rings (SSSR count). The summed E-state index contributed by atoms with van der Waals surface area (Å²) in [5.74, 6) is 0. The number of fused-ring (bicyclic) bond motifs is 6. The molecule has 52 heavy (non-hydrogen) atoms. The largest absolute Gasteiger partial charge is 0.309 e. The Labute approximate surface area is 301 Å². The molecule has 0 bridgehead atoms. The lowest BCUT2D eigenvalue weighted by Crippen LogP contribution is -2.24. The summed E-state index contributed by atoms with van der Waals surface area (Å²) in [5.41, 5.74) is 6.51. The van der Waals surface area contributed by atoms with Gasteiger partial charge in [0.15, 0.2) is 7.14 Å². The molecule has 244 valence electrons. The van der Waals surface area contributed by atoms with Gasteiger partial charge in [0.2, 0.25) is 0 Å². The van der Waals surface area contributed by atoms with Gasteiger partial charge >= 0.3 is 0 Å². The molecule has 0 aliphatic heterocycles. The van der Waals surface area contributed by atoms with Gasteiger partial charge in [0.05, 0.1) is 11.0 Å². The van der Waals surface area contributed by atoms with Gasteiger partial charge in [-0.25, -0.2) is 0 Å². The molecule has 10 aromatic rings. The monoisotopic (exact) mass is 682 g/mol. The van der Waals surface area contributed by atoms with Crippen LogP contribution in [0, 0.1) is 0 Å². The van der Waals surface area contributed by atoms with Gasteiger partial charge in [-0.2, -0.15) is 0 Å². The molecule has 8 aromatic carbocycles. The Morgan fingerprint density at radius 3 is 1.54 bits per heavy atom. The van der Waals surface area contributed by atoms with Crippen LogP contribution >= 0.6 is 7.14 Å². The molecule has 0 fully saturated rings. The summed E-state index contributed by atoms with van der Waals surface area (Å²) in [6, 6.07) is 60.8. The molecular formula is C48H31N2OP. The van der Waals surface area contributed by atoms with Crippen LogP contribution in [0.1, 0.15) is 0 Å². The zero-order valence-corrected chi connectivity index (χ0v) is 29.0. The van der Waals surface area contributed by atoms with Crippen molar-refractivity contribution in [2.75, 3.05) is 0 Å². The van der Waals surface area contributed by atoms with Crippen LogP contribution in [0.2, 0.25) is 0 Å². The molecule has 0 saturated carbocycles. The summed E-state index contributed by atoms with van der Waals surface area (Å²) in [6.45, 7) is 0. The second-order valence-corrected chi connectivity index (χ2v) is 16.0. The summed E-state index contributed by atoms with van der Waals surface area (Å²) in [6.07, 6.45) is 3.69. The zero-order chi connectivity index (χ0) is 34.6. The third-order valence-electron chi connectivity index (χ3n) is 10.4. The van der Waals surface area contributed by atoms with Gasteiger partial charge in [0.25, 0.3) is 0 Å². The average Bonchev–Trinajstić information content (AvgIpc) is 3.22. The first-order valence-electron chi connectivity index (χ1n) is 17.5. The SMILES string of the molecule is O=P(c1ccccc1)(c1ccccc1)c1ccc2cc(-c3c4ccccc4c(-c4cc5cccnc5c5ncccc45)c4ccccc34)ccc2c1. The van der Waals surface area contributed by atoms with Crippen LogP contribution in [0.15, 0.2) is 188 Å². The molecule has 4 heteroatoms. The maximum Gasteiger partial charge on any atom is 0.171 e. The summed E-state index contributed by atoms with van der Waals surface area (Å²) < 4.78 is 15.1. The van der Waals surface area contributed by atoms with Crippen LogP contribution in [0.5, 0.6) is 0 Å². The van der Waals surface area contributed by atoms with E-state index in [9.17, 15) is 0 Å². The number of rotatable bonds is 5. The highest BCUT2D eigenvalue weighted by molar-refractivity contribution is 7.85. The quantitative estimate of drug-likeness (QED) is 0.103. The minimum Gasteiger partial charge on any atom is -0.309 e. The number of hydrogen-bond acceptors (Lipinski definition) is 3. The van der Waals surface area contributed by atoms with Crippen LogP contribution in [0.3, 0.4) is 0 Å². The van der Waals surface area contributed by atoms with Gasteiger partial charge in [-0.3, -0.25) is 9.97 Å². The van der Waals surface area contributed by atoms with E-state index in [0.29, 0.717) is 0 Å². The number of benzene rings is 8. The van der Waals surface area contributed by atoms with E-state index < -0.39 is 7.14 Å². The van der Waals surface area contributed by atoms with Crippen LogP contribution in [0.25, 0.3) is 76.4 Å². The molecule has 0 spiro atoms. The van der Waals surface area contributed by atoms with Gasteiger partial charge in [0.1, 0.15) is 0 Å². The first-order valence-corrected chi connectivity index (χ1v) is 19.2. The van der Waals surface area contributed by atoms with Gasteiger partial charge in [-0.15, -0.1) is 0 Å². The second-order valence-electron chi connectivity index (χ2n) is 13.3. The topological polar surface area (TPSA) is 42.9 Å². The molecule has 0 atom stereocenters. The molecule has 0 aliphatic rings. The average molecular weight is 683 g/mol. The molecular weight excluding hydrogens is 652 g/mol. The summed E-state index contributed by atoms with van der Waals surface area (Å²) >= 11 is 0. The maximum absolute atomic E-state index is 15.1. The highest BCUT2D eigenvalue weighted by atomic mass is 31.2. The molecule has 0 saturated heterocycles. The number of hydrogen-bond donors (Lipinski definition) is 0. The van der Waals surface area contributed by atoms with E-state index in [-0.39, 0.29) is 0 Å². The fourth-order valence-corrected chi connectivity index (χ4v) is 10.7. The number of aromatic nitrogens is 2. The smallest absolute Gasteiger partial charge is 0.171 e. The molecule has 0 radical (unpaired) electrons. The van der Waals surface area contributed by atoms with E-state index in [1.807, 2.05) is 85.2 Å². The van der Waals surface area contributed by atoms with Crippen molar-refractivity contribution in [2.45, 2.75) is 0 Å². The Morgan fingerprint density at radius 2 is 0.885 bits per heavy atom. The Hall–Kier alpha value is -6.41. The number of nitrogens with zero attached hydrogens (tertiary/aromatic N) is 2. The van der Waals surface area contributed by atoms with E-state index in [2.05, 4.69) is 103 Å². The summed E-state index contributed by atoms with van der Waals surface area (Å²) in [7, 11) is -3.09. The summed E-state index contributed by atoms with van der Waals surface area (Å²) in [5, 5.41) is 11.6. The minimum absolute atomic E-state index is 0.831. The third-order valence-corrected chi connectivity index (χ3v) is 13.4. The van der Waals surface area contributed by atoms with Gasteiger partial charge < -0.3 is 4.57 Å². The molecule has 0 unspecified atom stereocenters. The Morgan fingerprint density at radius 1 is 0.365 bits per heavy atom. The summed E-state index contributed by atoms with van der Waals surface area (Å²) in [4.78, 5) is 9.54. The van der Waals surface area contributed by atoms with E-state index in [1.165, 1.54) is 32.7 Å². The van der Waals surface area contributed by atoms with Crippen molar-refractivity contribution in [3.8, 4) is 22.3 Å². The van der Waals surface area contributed by atoms with E-state index in [1.54, 1.807) is 0 Å². The van der Waals surface area contributed by atoms with Crippen molar-refractivity contribution >= 4 is 77.2 Å². The maximum atomic E-state index is 15.1. The first-order chi connectivity index (χ1) is 25.7. The van der Waals surface area contributed by atoms with Crippen molar-refractivity contribution in [1.29, 1.82) is 0 Å². The van der Waals surface area contributed by atoms with Crippen LogP contribution in [-0.2, 0) is 4.57 Å². The van der Waals surface area contributed by atoms with Crippen LogP contribution in [0.4, 0.5) is 0 Å². The fraction of sp³-hybridized carbons (Fsp3) is 0. The van der Waals surface area contributed by atoms with Crippen molar-refractivity contribution in [1.82, 2.24) is 9.97 Å². The lowest BCUT2D eigenvalue weighted by molar-refractivity contribution is 0.592. The Kier molecular flexibility index (Phi) is 7.09. The lowest BCUT2D eigenvalue weighted by atomic mass is 9.84. The Bertz CT molecular complexity index is 2950. The highest BCUT2D eigenvalue weighted by Crippen LogP contribution is 2.47. The molecule has 3 nitrogen and oxygen atoms in total. The van der Waals surface area contributed by atoms with Gasteiger partial charge in [-0.1, -0.05) is 146 Å². The van der Waals surface area contributed by atoms with E-state index in [0.717, 1.165) is 59.6 Å². The fourth-order valence-electron chi connectivity index (χ4n) is 8.02. The van der Waals surface area contributed by atoms with E-state index in [4.69, 9.17) is 9.97 Å². The standard InChI is InChI=1S/C48H31N2OP/c51-52(36-14-3-1-4-15-36,37-16-5-2-6-17-37)38-26-25-32-29-34(24-23-33(32)30-38)45-39-18-7-9-20-41(39)46(42-21-10-8-19-40(42)45)44-31-35-13-11-27-49-47(35)48-43(44)22-12-28-50-48/h1-31H. The molecule has 0 aliphatic carbocycles. The Balaban J connectivity index is 1.20. The molecule has 0 N–H and O–H groups in total. The van der Waals surface area contributed by atoms with Crippen molar-refractivity contribution < 1.29 is 4.57 Å². The predicted octanol–water partition coefficient (Wildman–Crippen LogP) is 11.2. The third kappa shape index (κ3) is 4.71. The van der Waals surface area contributed by atoms with Crippen LogP contribution in [-0.4, -0.2) is 9.97 Å². The predicted molar refractivity (Wildman–Crippen MR) is 220 cm³/mol. The molecule has 2 heterocycles. The van der Waals surface area contributed by atoms with Crippen LogP contribution < -0.4 is 15.9 Å². The second kappa shape index (κ2) is 12.1. The molecule has 0 amide bonds. The number of pyridine rings is 2. The van der Waals surface area contributed by atoms with Crippen molar-refractivity contribution in [3.05, 3.63) is 188 Å². The first kappa shape index (κ1) is 30.4. The highest BCUT2D eigenvalue weighted by Gasteiger charge is 2.30. The van der Waals surface area contributed by atoms with Crippen molar-refractivity contribution in [3.63, 3.8) is 0 Å². The van der Waals surface area contributed by atoms with Gasteiger partial charge in [-0.05, 0) is 84.9 Å². The zero-order valence-electron chi connectivity index (χ0n) is 28.1. The normalized spacial score (nSPS) is 11.9. The van der Waals surface area contributed by atoms with Gasteiger partial charge in [0, 0.05) is 39.1 Å². The minimum atomic E-state index is -3.09.